The van der Waals surface area contributed by atoms with E-state index in [1.165, 1.54) is 31.4 Å². The van der Waals surface area contributed by atoms with Crippen molar-refractivity contribution in [1.82, 2.24) is 15.2 Å². The van der Waals surface area contributed by atoms with E-state index in [0.29, 0.717) is 17.8 Å². The Morgan fingerprint density at radius 1 is 1.45 bits per heavy atom. The molecule has 0 aromatic carbocycles. The van der Waals surface area contributed by atoms with Gasteiger partial charge in [-0.3, -0.25) is 4.90 Å². The molecule has 1 N–H and O–H groups in total. The number of likely N-dealkylation sites (tertiary alicyclic amines) is 1. The normalized spacial score (nSPS) is 23.8. The summed E-state index contributed by atoms with van der Waals surface area (Å²) in [6.45, 7) is 5.58. The van der Waals surface area contributed by atoms with Crippen LogP contribution in [0, 0.1) is 5.92 Å². The Kier molecular flexibility index (Phi) is 5.80. The molecule has 20 heavy (non-hydrogen) atoms. The van der Waals surface area contributed by atoms with Crippen LogP contribution in [0.1, 0.15) is 37.8 Å². The lowest BCUT2D eigenvalue weighted by molar-refractivity contribution is 0.119. The number of ether oxygens (including phenoxy) is 1. The predicted octanol–water partition coefficient (Wildman–Crippen LogP) is 2.47. The molecule has 0 spiro atoms. The van der Waals surface area contributed by atoms with Crippen molar-refractivity contribution in [2.24, 2.45) is 5.92 Å². The van der Waals surface area contributed by atoms with Crippen LogP contribution in [0.25, 0.3) is 0 Å². The summed E-state index contributed by atoms with van der Waals surface area (Å²) in [7, 11) is 3.88. The van der Waals surface area contributed by atoms with E-state index in [9.17, 15) is 0 Å². The molecule has 1 aromatic heterocycles. The third-order valence-electron chi connectivity index (χ3n) is 4.15. The quantitative estimate of drug-likeness (QED) is 0.811. The summed E-state index contributed by atoms with van der Waals surface area (Å²) in [5, 5.41) is 3.58. The van der Waals surface area contributed by atoms with Gasteiger partial charge in [0.05, 0.1) is 7.11 Å². The van der Waals surface area contributed by atoms with E-state index in [-0.39, 0.29) is 0 Å². The molecule has 0 aliphatic carbocycles. The smallest absolute Gasteiger partial charge is 0.212 e. The Balaban J connectivity index is 2.09. The van der Waals surface area contributed by atoms with E-state index in [1.54, 1.807) is 7.11 Å². The molecule has 2 atom stereocenters. The number of rotatable bonds is 6. The van der Waals surface area contributed by atoms with Crippen molar-refractivity contribution in [2.75, 3.05) is 33.8 Å². The number of aromatic nitrogens is 1. The molecule has 4 heteroatoms. The first-order valence-corrected chi connectivity index (χ1v) is 7.67. The molecule has 0 saturated carbocycles. The molecule has 1 saturated heterocycles. The highest BCUT2D eigenvalue weighted by Gasteiger charge is 2.30. The van der Waals surface area contributed by atoms with Crippen LogP contribution in [0.3, 0.4) is 0 Å². The van der Waals surface area contributed by atoms with Crippen LogP contribution in [0.4, 0.5) is 0 Å². The SMILES string of the molecule is CCCNCC1CCCN(C)C1c1ccc(OC)nc1. The van der Waals surface area contributed by atoms with Crippen LogP contribution < -0.4 is 10.1 Å². The highest BCUT2D eigenvalue weighted by Crippen LogP contribution is 2.34. The molecule has 2 heterocycles. The summed E-state index contributed by atoms with van der Waals surface area (Å²) < 4.78 is 5.15. The number of hydrogen-bond acceptors (Lipinski definition) is 4. The summed E-state index contributed by atoms with van der Waals surface area (Å²) in [6, 6.07) is 4.59. The van der Waals surface area contributed by atoms with Gasteiger partial charge in [0, 0.05) is 18.3 Å². The second kappa shape index (κ2) is 7.60. The minimum absolute atomic E-state index is 0.464. The molecule has 1 aliphatic heterocycles. The Morgan fingerprint density at radius 3 is 2.95 bits per heavy atom. The number of piperidine rings is 1. The van der Waals surface area contributed by atoms with Gasteiger partial charge in [0.1, 0.15) is 0 Å². The first-order chi connectivity index (χ1) is 9.76. The fourth-order valence-corrected chi connectivity index (χ4v) is 3.15. The Morgan fingerprint density at radius 2 is 2.30 bits per heavy atom. The van der Waals surface area contributed by atoms with Crippen LogP contribution in [0.15, 0.2) is 18.3 Å². The number of hydrogen-bond donors (Lipinski definition) is 1. The van der Waals surface area contributed by atoms with Crippen molar-refractivity contribution in [2.45, 2.75) is 32.2 Å². The van der Waals surface area contributed by atoms with Crippen molar-refractivity contribution in [3.8, 4) is 5.88 Å². The summed E-state index contributed by atoms with van der Waals surface area (Å²) in [5.74, 6) is 1.35. The zero-order valence-electron chi connectivity index (χ0n) is 12.9. The molecule has 2 rings (SSSR count). The molecular weight excluding hydrogens is 250 g/mol. The van der Waals surface area contributed by atoms with E-state index in [0.717, 1.165) is 13.1 Å². The van der Waals surface area contributed by atoms with E-state index < -0.39 is 0 Å². The molecule has 1 aromatic rings. The van der Waals surface area contributed by atoms with Gasteiger partial charge in [-0.25, -0.2) is 4.98 Å². The number of nitrogens with zero attached hydrogens (tertiary/aromatic N) is 2. The van der Waals surface area contributed by atoms with E-state index in [1.807, 2.05) is 12.3 Å². The molecule has 0 amide bonds. The average Bonchev–Trinajstić information content (AvgIpc) is 2.48. The van der Waals surface area contributed by atoms with Crippen LogP contribution in [0.2, 0.25) is 0 Å². The zero-order valence-corrected chi connectivity index (χ0v) is 12.9. The average molecular weight is 277 g/mol. The van der Waals surface area contributed by atoms with Gasteiger partial charge >= 0.3 is 0 Å². The fraction of sp³-hybridized carbons (Fsp3) is 0.688. The zero-order chi connectivity index (χ0) is 14.4. The second-order valence-corrected chi connectivity index (χ2v) is 5.67. The Bertz CT molecular complexity index is 393. The first-order valence-electron chi connectivity index (χ1n) is 7.67. The Hall–Kier alpha value is -1.13. The first kappa shape index (κ1) is 15.3. The van der Waals surface area contributed by atoms with Crippen molar-refractivity contribution < 1.29 is 4.74 Å². The molecule has 0 bridgehead atoms. The third-order valence-corrected chi connectivity index (χ3v) is 4.15. The van der Waals surface area contributed by atoms with Gasteiger partial charge in [-0.05, 0) is 57.4 Å². The molecule has 1 aliphatic rings. The van der Waals surface area contributed by atoms with Crippen molar-refractivity contribution in [3.63, 3.8) is 0 Å². The standard InChI is InChI=1S/C16H27N3O/c1-4-9-17-11-13-6-5-10-19(2)16(13)14-7-8-15(20-3)18-12-14/h7-8,12-13,16-17H,4-6,9-11H2,1-3H3. The van der Waals surface area contributed by atoms with E-state index in [4.69, 9.17) is 4.74 Å². The molecular formula is C16H27N3O. The van der Waals surface area contributed by atoms with Gasteiger partial charge in [-0.15, -0.1) is 0 Å². The fourth-order valence-electron chi connectivity index (χ4n) is 3.15. The lowest BCUT2D eigenvalue weighted by atomic mass is 9.85. The van der Waals surface area contributed by atoms with Gasteiger partial charge in [0.2, 0.25) is 5.88 Å². The summed E-state index contributed by atoms with van der Waals surface area (Å²) in [4.78, 5) is 6.83. The van der Waals surface area contributed by atoms with Crippen LogP contribution in [-0.2, 0) is 0 Å². The lowest BCUT2D eigenvalue weighted by Gasteiger charge is -2.39. The number of methoxy groups -OCH3 is 1. The highest BCUT2D eigenvalue weighted by molar-refractivity contribution is 5.22. The maximum absolute atomic E-state index is 5.15. The van der Waals surface area contributed by atoms with Gasteiger partial charge in [0.25, 0.3) is 0 Å². The maximum Gasteiger partial charge on any atom is 0.212 e. The molecule has 0 radical (unpaired) electrons. The summed E-state index contributed by atoms with van der Waals surface area (Å²) in [5.41, 5.74) is 1.30. The van der Waals surface area contributed by atoms with Gasteiger partial charge < -0.3 is 10.1 Å². The molecule has 2 unspecified atom stereocenters. The summed E-state index contributed by atoms with van der Waals surface area (Å²) >= 11 is 0. The summed E-state index contributed by atoms with van der Waals surface area (Å²) in [6.07, 6.45) is 5.74. The molecule has 4 nitrogen and oxygen atoms in total. The van der Waals surface area contributed by atoms with E-state index in [2.05, 4.69) is 35.2 Å². The lowest BCUT2D eigenvalue weighted by Crippen LogP contribution is -2.40. The Labute approximate surface area is 122 Å². The largest absolute Gasteiger partial charge is 0.481 e. The van der Waals surface area contributed by atoms with Crippen LogP contribution >= 0.6 is 0 Å². The molecule has 112 valence electrons. The van der Waals surface area contributed by atoms with Crippen molar-refractivity contribution in [1.29, 1.82) is 0 Å². The predicted molar refractivity (Wildman–Crippen MR) is 82.0 cm³/mol. The van der Waals surface area contributed by atoms with Crippen molar-refractivity contribution in [3.05, 3.63) is 23.9 Å². The highest BCUT2D eigenvalue weighted by atomic mass is 16.5. The van der Waals surface area contributed by atoms with E-state index >= 15 is 0 Å². The molecule has 1 fully saturated rings. The minimum atomic E-state index is 0.464. The van der Waals surface area contributed by atoms with Crippen LogP contribution in [-0.4, -0.2) is 43.7 Å². The number of pyridine rings is 1. The van der Waals surface area contributed by atoms with Gasteiger partial charge in [-0.2, -0.15) is 0 Å². The van der Waals surface area contributed by atoms with Crippen molar-refractivity contribution >= 4 is 0 Å². The van der Waals surface area contributed by atoms with Gasteiger partial charge in [-0.1, -0.05) is 13.0 Å². The maximum atomic E-state index is 5.15. The monoisotopic (exact) mass is 277 g/mol. The third kappa shape index (κ3) is 3.70. The van der Waals surface area contributed by atoms with Gasteiger partial charge in [0.15, 0.2) is 0 Å². The number of nitrogens with one attached hydrogen (secondary N) is 1. The van der Waals surface area contributed by atoms with Crippen LogP contribution in [0.5, 0.6) is 5.88 Å². The topological polar surface area (TPSA) is 37.4 Å². The second-order valence-electron chi connectivity index (χ2n) is 5.67. The minimum Gasteiger partial charge on any atom is -0.481 e.